The van der Waals surface area contributed by atoms with Crippen molar-refractivity contribution in [3.05, 3.63) is 12.4 Å². The van der Waals surface area contributed by atoms with Crippen LogP contribution in [0.15, 0.2) is 12.4 Å². The first-order chi connectivity index (χ1) is 7.72. The molecule has 0 saturated heterocycles. The average Bonchev–Trinajstić information content (AvgIpc) is 2.29. The van der Waals surface area contributed by atoms with Crippen molar-refractivity contribution in [1.82, 2.24) is 15.3 Å². The zero-order chi connectivity index (χ0) is 11.8. The predicted octanol–water partition coefficient (Wildman–Crippen LogP) is -0.767. The number of carbonyl (C=O) groups excluding carboxylic acids is 1. The SMILES string of the molecule is COCCNC(=O)CNc1cnc(N)cn1. The van der Waals surface area contributed by atoms with Crippen LogP contribution in [0.5, 0.6) is 0 Å². The Hall–Kier alpha value is -1.89. The largest absolute Gasteiger partial charge is 0.383 e. The van der Waals surface area contributed by atoms with Gasteiger partial charge in [-0.3, -0.25) is 4.79 Å². The summed E-state index contributed by atoms with van der Waals surface area (Å²) < 4.78 is 4.80. The maximum absolute atomic E-state index is 11.3. The fourth-order valence-electron chi connectivity index (χ4n) is 0.955. The summed E-state index contributed by atoms with van der Waals surface area (Å²) in [7, 11) is 1.58. The van der Waals surface area contributed by atoms with Crippen LogP contribution in [-0.4, -0.2) is 42.7 Å². The molecule has 1 heterocycles. The molecule has 1 amide bonds. The molecule has 0 radical (unpaired) electrons. The second kappa shape index (κ2) is 6.57. The van der Waals surface area contributed by atoms with Crippen molar-refractivity contribution >= 4 is 17.5 Å². The Kier molecular flexibility index (Phi) is 5.00. The zero-order valence-electron chi connectivity index (χ0n) is 9.06. The molecule has 1 aromatic rings. The first-order valence-corrected chi connectivity index (χ1v) is 4.79. The third-order valence-corrected chi connectivity index (χ3v) is 1.73. The fraction of sp³-hybridized carbons (Fsp3) is 0.444. The van der Waals surface area contributed by atoms with E-state index in [1.807, 2.05) is 0 Å². The molecule has 0 aliphatic heterocycles. The minimum atomic E-state index is -0.129. The fourth-order valence-corrected chi connectivity index (χ4v) is 0.955. The van der Waals surface area contributed by atoms with E-state index >= 15 is 0 Å². The Bertz CT molecular complexity index is 327. The van der Waals surface area contributed by atoms with Crippen LogP contribution < -0.4 is 16.4 Å². The number of hydrogen-bond donors (Lipinski definition) is 3. The molecule has 88 valence electrons. The average molecular weight is 225 g/mol. The van der Waals surface area contributed by atoms with E-state index in [9.17, 15) is 4.79 Å². The molecule has 1 rings (SSSR count). The van der Waals surface area contributed by atoms with Crippen molar-refractivity contribution in [3.8, 4) is 0 Å². The van der Waals surface area contributed by atoms with Gasteiger partial charge in [0.15, 0.2) is 0 Å². The summed E-state index contributed by atoms with van der Waals surface area (Å²) in [6.07, 6.45) is 2.89. The maximum Gasteiger partial charge on any atom is 0.239 e. The standard InChI is InChI=1S/C9H15N5O2/c1-16-3-2-11-9(15)6-14-8-5-12-7(10)4-13-8/h4-5H,2-3,6H2,1H3,(H2,10,12)(H,11,15)(H,13,14). The van der Waals surface area contributed by atoms with Gasteiger partial charge < -0.3 is 21.1 Å². The van der Waals surface area contributed by atoms with Crippen LogP contribution in [0, 0.1) is 0 Å². The van der Waals surface area contributed by atoms with Crippen molar-refractivity contribution in [2.45, 2.75) is 0 Å². The smallest absolute Gasteiger partial charge is 0.239 e. The number of methoxy groups -OCH3 is 1. The van der Waals surface area contributed by atoms with E-state index in [2.05, 4.69) is 20.6 Å². The Morgan fingerprint density at radius 2 is 2.31 bits per heavy atom. The Morgan fingerprint density at radius 1 is 1.50 bits per heavy atom. The number of aromatic nitrogens is 2. The van der Waals surface area contributed by atoms with Gasteiger partial charge in [0.2, 0.25) is 5.91 Å². The molecule has 0 aliphatic carbocycles. The van der Waals surface area contributed by atoms with Gasteiger partial charge in [-0.15, -0.1) is 0 Å². The number of hydrogen-bond acceptors (Lipinski definition) is 6. The molecular formula is C9H15N5O2. The highest BCUT2D eigenvalue weighted by atomic mass is 16.5. The van der Waals surface area contributed by atoms with E-state index in [0.717, 1.165) is 0 Å². The van der Waals surface area contributed by atoms with Crippen LogP contribution in [0.25, 0.3) is 0 Å². The van der Waals surface area contributed by atoms with Crippen molar-refractivity contribution in [3.63, 3.8) is 0 Å². The molecule has 4 N–H and O–H groups in total. The van der Waals surface area contributed by atoms with Crippen molar-refractivity contribution in [2.24, 2.45) is 0 Å². The summed E-state index contributed by atoms with van der Waals surface area (Å²) in [5.74, 6) is 0.724. The lowest BCUT2D eigenvalue weighted by atomic mass is 10.5. The highest BCUT2D eigenvalue weighted by Gasteiger charge is 2.00. The minimum Gasteiger partial charge on any atom is -0.383 e. The lowest BCUT2D eigenvalue weighted by Gasteiger charge is -2.06. The first-order valence-electron chi connectivity index (χ1n) is 4.79. The first kappa shape index (κ1) is 12.2. The van der Waals surface area contributed by atoms with Crippen LogP contribution >= 0.6 is 0 Å². The molecule has 1 aromatic heterocycles. The molecule has 0 unspecified atom stereocenters. The summed E-state index contributed by atoms with van der Waals surface area (Å²) in [5.41, 5.74) is 5.37. The van der Waals surface area contributed by atoms with Gasteiger partial charge in [-0.2, -0.15) is 0 Å². The van der Waals surface area contributed by atoms with Gasteiger partial charge in [0, 0.05) is 13.7 Å². The Morgan fingerprint density at radius 3 is 2.94 bits per heavy atom. The van der Waals surface area contributed by atoms with Gasteiger partial charge in [0.1, 0.15) is 11.6 Å². The molecule has 7 nitrogen and oxygen atoms in total. The van der Waals surface area contributed by atoms with Gasteiger partial charge in [0.05, 0.1) is 25.5 Å². The predicted molar refractivity (Wildman–Crippen MR) is 59.8 cm³/mol. The number of amides is 1. The lowest BCUT2D eigenvalue weighted by molar-refractivity contribution is -0.119. The summed E-state index contributed by atoms with van der Waals surface area (Å²) in [5, 5.41) is 5.48. The minimum absolute atomic E-state index is 0.129. The third kappa shape index (κ3) is 4.56. The van der Waals surface area contributed by atoms with Gasteiger partial charge in [-0.1, -0.05) is 0 Å². The summed E-state index contributed by atoms with van der Waals surface area (Å²) >= 11 is 0. The second-order valence-corrected chi connectivity index (χ2v) is 3.02. The van der Waals surface area contributed by atoms with Crippen LogP contribution in [0.2, 0.25) is 0 Å². The van der Waals surface area contributed by atoms with Gasteiger partial charge in [-0.05, 0) is 0 Å². The zero-order valence-corrected chi connectivity index (χ0v) is 9.06. The molecule has 0 spiro atoms. The summed E-state index contributed by atoms with van der Waals surface area (Å²) in [6, 6.07) is 0. The molecule has 0 saturated carbocycles. The number of nitrogens with two attached hydrogens (primary N) is 1. The Balaban J connectivity index is 2.23. The molecule has 16 heavy (non-hydrogen) atoms. The number of nitrogens with one attached hydrogen (secondary N) is 2. The molecular weight excluding hydrogens is 210 g/mol. The topological polar surface area (TPSA) is 102 Å². The van der Waals surface area contributed by atoms with Crippen LogP contribution in [-0.2, 0) is 9.53 Å². The van der Waals surface area contributed by atoms with E-state index < -0.39 is 0 Å². The molecule has 7 heteroatoms. The van der Waals surface area contributed by atoms with Gasteiger partial charge in [0.25, 0.3) is 0 Å². The van der Waals surface area contributed by atoms with E-state index in [-0.39, 0.29) is 12.5 Å². The third-order valence-electron chi connectivity index (χ3n) is 1.73. The Labute approximate surface area is 93.4 Å². The van der Waals surface area contributed by atoms with Crippen molar-refractivity contribution < 1.29 is 9.53 Å². The van der Waals surface area contributed by atoms with Gasteiger partial charge >= 0.3 is 0 Å². The maximum atomic E-state index is 11.3. The normalized spacial score (nSPS) is 9.81. The van der Waals surface area contributed by atoms with Gasteiger partial charge in [-0.25, -0.2) is 9.97 Å². The van der Waals surface area contributed by atoms with Crippen molar-refractivity contribution in [2.75, 3.05) is 37.9 Å². The highest BCUT2D eigenvalue weighted by Crippen LogP contribution is 2.00. The molecule has 0 atom stereocenters. The van der Waals surface area contributed by atoms with Crippen molar-refractivity contribution in [1.29, 1.82) is 0 Å². The van der Waals surface area contributed by atoms with E-state index in [0.29, 0.717) is 24.8 Å². The van der Waals surface area contributed by atoms with E-state index in [1.54, 1.807) is 7.11 Å². The molecule has 0 aromatic carbocycles. The number of ether oxygens (including phenoxy) is 1. The summed E-state index contributed by atoms with van der Waals surface area (Å²) in [6.45, 7) is 1.13. The quantitative estimate of drug-likeness (QED) is 0.550. The second-order valence-electron chi connectivity index (χ2n) is 3.02. The number of rotatable bonds is 6. The number of nitrogen functional groups attached to an aromatic ring is 1. The van der Waals surface area contributed by atoms with Crippen LogP contribution in [0.4, 0.5) is 11.6 Å². The van der Waals surface area contributed by atoms with E-state index in [4.69, 9.17) is 10.5 Å². The number of nitrogens with zero attached hydrogens (tertiary/aromatic N) is 2. The van der Waals surface area contributed by atoms with Crippen LogP contribution in [0.3, 0.4) is 0 Å². The highest BCUT2D eigenvalue weighted by molar-refractivity contribution is 5.80. The molecule has 0 fully saturated rings. The molecule has 0 bridgehead atoms. The van der Waals surface area contributed by atoms with E-state index in [1.165, 1.54) is 12.4 Å². The molecule has 0 aliphatic rings. The van der Waals surface area contributed by atoms with Crippen LogP contribution in [0.1, 0.15) is 0 Å². The summed E-state index contributed by atoms with van der Waals surface area (Å²) in [4.78, 5) is 19.0. The number of anilines is 2. The monoisotopic (exact) mass is 225 g/mol. The number of carbonyl (C=O) groups is 1. The lowest BCUT2D eigenvalue weighted by Crippen LogP contribution is -2.32.